The number of halogens is 1. The van der Waals surface area contributed by atoms with Crippen molar-refractivity contribution in [3.63, 3.8) is 0 Å². The molecule has 0 unspecified atom stereocenters. The minimum absolute atomic E-state index is 0.647. The molecule has 0 aromatic heterocycles. The van der Waals surface area contributed by atoms with Gasteiger partial charge in [0.05, 0.1) is 0 Å². The molecular formula is C10H10BrN. The van der Waals surface area contributed by atoms with Crippen molar-refractivity contribution in [3.8, 4) is 0 Å². The summed E-state index contributed by atoms with van der Waals surface area (Å²) < 4.78 is 1.15. The highest BCUT2D eigenvalue weighted by Crippen LogP contribution is 2.28. The summed E-state index contributed by atoms with van der Waals surface area (Å²) in [5, 5.41) is 0. The molecule has 12 heavy (non-hydrogen) atoms. The largest absolute Gasteiger partial charge is 0.326 e. The second-order valence-corrected chi connectivity index (χ2v) is 3.85. The zero-order chi connectivity index (χ0) is 8.55. The summed E-state index contributed by atoms with van der Waals surface area (Å²) in [5.74, 6) is 0. The zero-order valence-corrected chi connectivity index (χ0v) is 8.26. The Morgan fingerprint density at radius 3 is 3.00 bits per heavy atom. The first-order valence-electron chi connectivity index (χ1n) is 3.99. The van der Waals surface area contributed by atoms with Crippen LogP contribution in [0.4, 0.5) is 0 Å². The fraction of sp³-hybridized carbons (Fsp3) is 0.200. The van der Waals surface area contributed by atoms with Crippen molar-refractivity contribution >= 4 is 21.5 Å². The smallest absolute Gasteiger partial charge is 0.0181 e. The van der Waals surface area contributed by atoms with E-state index in [0.29, 0.717) is 6.54 Å². The van der Waals surface area contributed by atoms with Crippen LogP contribution in [-0.2, 0) is 6.42 Å². The van der Waals surface area contributed by atoms with Crippen molar-refractivity contribution in [2.45, 2.75) is 6.42 Å². The molecule has 1 aromatic rings. The van der Waals surface area contributed by atoms with E-state index < -0.39 is 0 Å². The predicted molar refractivity (Wildman–Crippen MR) is 54.9 cm³/mol. The highest BCUT2D eigenvalue weighted by atomic mass is 79.9. The van der Waals surface area contributed by atoms with Crippen LogP contribution in [0, 0.1) is 0 Å². The second-order valence-electron chi connectivity index (χ2n) is 2.94. The molecule has 2 heteroatoms. The average molecular weight is 224 g/mol. The molecule has 0 bridgehead atoms. The van der Waals surface area contributed by atoms with E-state index in [4.69, 9.17) is 5.73 Å². The van der Waals surface area contributed by atoms with E-state index in [1.165, 1.54) is 16.7 Å². The van der Waals surface area contributed by atoms with Crippen LogP contribution >= 0.6 is 15.9 Å². The maximum absolute atomic E-state index is 5.61. The summed E-state index contributed by atoms with van der Waals surface area (Å²) in [4.78, 5) is 0. The third-order valence-electron chi connectivity index (χ3n) is 2.20. The van der Waals surface area contributed by atoms with Crippen molar-refractivity contribution < 1.29 is 0 Å². The Morgan fingerprint density at radius 1 is 1.42 bits per heavy atom. The highest BCUT2D eigenvalue weighted by Gasteiger charge is 2.11. The quantitative estimate of drug-likeness (QED) is 0.778. The van der Waals surface area contributed by atoms with Crippen LogP contribution in [0.2, 0.25) is 0 Å². The number of hydrogen-bond acceptors (Lipinski definition) is 1. The van der Waals surface area contributed by atoms with E-state index in [9.17, 15) is 0 Å². The number of benzene rings is 1. The van der Waals surface area contributed by atoms with Gasteiger partial charge in [-0.25, -0.2) is 0 Å². The van der Waals surface area contributed by atoms with Gasteiger partial charge in [-0.1, -0.05) is 28.1 Å². The van der Waals surface area contributed by atoms with Crippen LogP contribution in [0.3, 0.4) is 0 Å². The van der Waals surface area contributed by atoms with Gasteiger partial charge < -0.3 is 5.73 Å². The number of allylic oxidation sites excluding steroid dienone is 1. The first-order chi connectivity index (χ1) is 5.81. The molecule has 0 fully saturated rings. The molecule has 0 spiro atoms. The van der Waals surface area contributed by atoms with Crippen molar-refractivity contribution in [3.05, 3.63) is 39.9 Å². The van der Waals surface area contributed by atoms with Crippen LogP contribution < -0.4 is 5.73 Å². The topological polar surface area (TPSA) is 26.0 Å². The molecule has 0 radical (unpaired) electrons. The van der Waals surface area contributed by atoms with Gasteiger partial charge in [0, 0.05) is 11.0 Å². The standard InChI is InChI=1S/C10H10BrN/c11-9-3-4-10-7(5-9)1-2-8(10)6-12/h2-5H,1,6,12H2. The van der Waals surface area contributed by atoms with Crippen LogP contribution in [0.25, 0.3) is 5.57 Å². The first-order valence-corrected chi connectivity index (χ1v) is 4.78. The zero-order valence-electron chi connectivity index (χ0n) is 6.68. The highest BCUT2D eigenvalue weighted by molar-refractivity contribution is 9.10. The van der Waals surface area contributed by atoms with Crippen molar-refractivity contribution in [1.82, 2.24) is 0 Å². The predicted octanol–water partition coefficient (Wildman–Crippen LogP) is 2.35. The lowest BCUT2D eigenvalue weighted by Gasteiger charge is -2.02. The number of fused-ring (bicyclic) bond motifs is 1. The lowest BCUT2D eigenvalue weighted by Crippen LogP contribution is -2.00. The molecule has 0 aliphatic heterocycles. The minimum Gasteiger partial charge on any atom is -0.326 e. The van der Waals surface area contributed by atoms with Gasteiger partial charge >= 0.3 is 0 Å². The molecule has 1 aliphatic carbocycles. The Hall–Kier alpha value is -0.600. The molecular weight excluding hydrogens is 214 g/mol. The van der Waals surface area contributed by atoms with E-state index >= 15 is 0 Å². The average Bonchev–Trinajstić information content (AvgIpc) is 2.46. The van der Waals surface area contributed by atoms with Crippen molar-refractivity contribution in [2.75, 3.05) is 6.54 Å². The SMILES string of the molecule is NCC1=CCc2cc(Br)ccc21. The molecule has 1 aromatic carbocycles. The molecule has 1 aliphatic rings. The van der Waals surface area contributed by atoms with Gasteiger partial charge in [-0.2, -0.15) is 0 Å². The fourth-order valence-corrected chi connectivity index (χ4v) is 1.99. The summed E-state index contributed by atoms with van der Waals surface area (Å²) in [6, 6.07) is 6.35. The lowest BCUT2D eigenvalue weighted by atomic mass is 10.1. The summed E-state index contributed by atoms with van der Waals surface area (Å²) in [5.41, 5.74) is 9.58. The molecule has 0 atom stereocenters. The lowest BCUT2D eigenvalue weighted by molar-refractivity contribution is 1.27. The molecule has 62 valence electrons. The minimum atomic E-state index is 0.647. The third-order valence-corrected chi connectivity index (χ3v) is 2.69. The van der Waals surface area contributed by atoms with Gasteiger partial charge in [-0.05, 0) is 35.3 Å². The van der Waals surface area contributed by atoms with Crippen LogP contribution in [0.5, 0.6) is 0 Å². The van der Waals surface area contributed by atoms with Crippen LogP contribution in [0.15, 0.2) is 28.7 Å². The van der Waals surface area contributed by atoms with E-state index in [0.717, 1.165) is 10.9 Å². The van der Waals surface area contributed by atoms with Gasteiger partial charge in [-0.15, -0.1) is 0 Å². The Bertz CT molecular complexity index is 342. The maximum Gasteiger partial charge on any atom is 0.0181 e. The summed E-state index contributed by atoms with van der Waals surface area (Å²) in [7, 11) is 0. The van der Waals surface area contributed by atoms with E-state index in [1.807, 2.05) is 0 Å². The summed E-state index contributed by atoms with van der Waals surface area (Å²) in [6.07, 6.45) is 3.23. The fourth-order valence-electron chi connectivity index (χ4n) is 1.58. The number of hydrogen-bond donors (Lipinski definition) is 1. The van der Waals surface area contributed by atoms with Crippen molar-refractivity contribution in [1.29, 1.82) is 0 Å². The number of rotatable bonds is 1. The van der Waals surface area contributed by atoms with Gasteiger partial charge in [0.1, 0.15) is 0 Å². The second kappa shape index (κ2) is 3.04. The van der Waals surface area contributed by atoms with Gasteiger partial charge in [-0.3, -0.25) is 0 Å². The molecule has 0 saturated carbocycles. The Morgan fingerprint density at radius 2 is 2.25 bits per heavy atom. The monoisotopic (exact) mass is 223 g/mol. The molecule has 0 amide bonds. The molecule has 0 heterocycles. The summed E-state index contributed by atoms with van der Waals surface area (Å²) >= 11 is 3.45. The van der Waals surface area contributed by atoms with Gasteiger partial charge in [0.2, 0.25) is 0 Å². The van der Waals surface area contributed by atoms with Gasteiger partial charge in [0.15, 0.2) is 0 Å². The Kier molecular flexibility index (Phi) is 2.03. The molecule has 2 rings (SSSR count). The van der Waals surface area contributed by atoms with Gasteiger partial charge in [0.25, 0.3) is 0 Å². The molecule has 1 nitrogen and oxygen atoms in total. The van der Waals surface area contributed by atoms with Crippen LogP contribution in [-0.4, -0.2) is 6.54 Å². The molecule has 0 saturated heterocycles. The van der Waals surface area contributed by atoms with E-state index in [-0.39, 0.29) is 0 Å². The number of nitrogens with two attached hydrogens (primary N) is 1. The normalized spacial score (nSPS) is 14.3. The summed E-state index contributed by atoms with van der Waals surface area (Å²) in [6.45, 7) is 0.647. The maximum atomic E-state index is 5.61. The van der Waals surface area contributed by atoms with Crippen LogP contribution in [0.1, 0.15) is 11.1 Å². The van der Waals surface area contributed by atoms with E-state index in [2.05, 4.69) is 40.2 Å². The first kappa shape index (κ1) is 8.02. The Labute approximate surface area is 80.4 Å². The van der Waals surface area contributed by atoms with E-state index in [1.54, 1.807) is 0 Å². The Balaban J connectivity index is 2.47. The van der Waals surface area contributed by atoms with Crippen molar-refractivity contribution in [2.24, 2.45) is 5.73 Å². The molecule has 2 N–H and O–H groups in total. The third kappa shape index (κ3) is 1.21.